The molecule has 0 fully saturated rings. The lowest BCUT2D eigenvalue weighted by Crippen LogP contribution is -2.08. The van der Waals surface area contributed by atoms with E-state index < -0.39 is 5.97 Å². The van der Waals surface area contributed by atoms with Crippen molar-refractivity contribution in [1.82, 2.24) is 14.5 Å². The molecule has 0 saturated heterocycles. The van der Waals surface area contributed by atoms with Gasteiger partial charge < -0.3 is 9.67 Å². The van der Waals surface area contributed by atoms with E-state index in [0.717, 1.165) is 16.5 Å². The van der Waals surface area contributed by atoms with E-state index >= 15 is 0 Å². The first kappa shape index (κ1) is 14.7. The predicted octanol–water partition coefficient (Wildman–Crippen LogP) is 2.67. The van der Waals surface area contributed by atoms with E-state index in [2.05, 4.69) is 9.97 Å². The summed E-state index contributed by atoms with van der Waals surface area (Å²) in [4.78, 5) is 19.5. The van der Waals surface area contributed by atoms with Gasteiger partial charge in [-0.15, -0.1) is 0 Å². The highest BCUT2D eigenvalue weighted by Gasteiger charge is 2.15. The van der Waals surface area contributed by atoms with Gasteiger partial charge in [0, 0.05) is 17.1 Å². The molecule has 3 rings (SSSR count). The molecule has 1 aromatic carbocycles. The van der Waals surface area contributed by atoms with E-state index in [1.54, 1.807) is 12.3 Å². The number of nitriles is 1. The number of benzene rings is 1. The van der Waals surface area contributed by atoms with Gasteiger partial charge in [-0.2, -0.15) is 5.26 Å². The van der Waals surface area contributed by atoms with Crippen LogP contribution >= 0.6 is 0 Å². The summed E-state index contributed by atoms with van der Waals surface area (Å²) >= 11 is 0. The van der Waals surface area contributed by atoms with Crippen molar-refractivity contribution in [3.63, 3.8) is 0 Å². The number of rotatable bonds is 3. The molecule has 2 aromatic heterocycles. The number of carboxylic acid groups (broad SMARTS) is 1. The minimum atomic E-state index is -0.965. The van der Waals surface area contributed by atoms with Crippen LogP contribution in [0.15, 0.2) is 30.5 Å². The summed E-state index contributed by atoms with van der Waals surface area (Å²) in [5.74, 6) is -0.941. The van der Waals surface area contributed by atoms with E-state index in [4.69, 9.17) is 5.11 Å². The number of aliphatic carboxylic acids is 1. The molecule has 6 heteroatoms. The van der Waals surface area contributed by atoms with Crippen LogP contribution < -0.4 is 0 Å². The zero-order chi connectivity index (χ0) is 16.6. The Labute approximate surface area is 132 Å². The molecule has 0 spiro atoms. The standard InChI is InChI=1S/C17H14N4O2/c1-10-3-4-12(7-11(10)2)16-13-5-6-21(9-15(22)23)17(13)20-14(8-18)19-16/h3-7H,9H2,1-2H3,(H,22,23). The first-order chi connectivity index (χ1) is 11.0. The van der Waals surface area contributed by atoms with Gasteiger partial charge in [-0.05, 0) is 37.1 Å². The summed E-state index contributed by atoms with van der Waals surface area (Å²) < 4.78 is 1.50. The lowest BCUT2D eigenvalue weighted by molar-refractivity contribution is -0.137. The molecule has 0 amide bonds. The highest BCUT2D eigenvalue weighted by molar-refractivity contribution is 5.92. The summed E-state index contributed by atoms with van der Waals surface area (Å²) in [5, 5.41) is 18.9. The Balaban J connectivity index is 2.27. The summed E-state index contributed by atoms with van der Waals surface area (Å²) in [6.07, 6.45) is 1.65. The fraction of sp³-hybridized carbons (Fsp3) is 0.176. The number of aryl methyl sites for hydroxylation is 2. The smallest absolute Gasteiger partial charge is 0.323 e. The number of aromatic nitrogens is 3. The zero-order valence-electron chi connectivity index (χ0n) is 12.7. The molecule has 3 aromatic rings. The molecule has 0 saturated carbocycles. The number of hydrogen-bond donors (Lipinski definition) is 1. The SMILES string of the molecule is Cc1ccc(-c2nc(C#N)nc3c2ccn3CC(=O)O)cc1C. The van der Waals surface area contributed by atoms with Crippen molar-refractivity contribution in [2.24, 2.45) is 0 Å². The maximum atomic E-state index is 11.0. The molecular weight excluding hydrogens is 292 g/mol. The van der Waals surface area contributed by atoms with Crippen LogP contribution in [0, 0.1) is 25.2 Å². The van der Waals surface area contributed by atoms with Gasteiger partial charge in [0.1, 0.15) is 18.3 Å². The Hall–Kier alpha value is -3.20. The lowest BCUT2D eigenvalue weighted by atomic mass is 10.0. The Bertz CT molecular complexity index is 967. The van der Waals surface area contributed by atoms with Crippen LogP contribution in [0.5, 0.6) is 0 Å². The molecule has 6 nitrogen and oxygen atoms in total. The normalized spacial score (nSPS) is 10.7. The van der Waals surface area contributed by atoms with Crippen LogP contribution in [0.1, 0.15) is 17.0 Å². The van der Waals surface area contributed by atoms with E-state index in [1.807, 2.05) is 38.1 Å². The van der Waals surface area contributed by atoms with Crippen LogP contribution in [0.3, 0.4) is 0 Å². The molecule has 0 radical (unpaired) electrons. The average molecular weight is 306 g/mol. The first-order valence-electron chi connectivity index (χ1n) is 7.06. The Kier molecular flexibility index (Phi) is 3.54. The average Bonchev–Trinajstić information content (AvgIpc) is 2.91. The van der Waals surface area contributed by atoms with Crippen molar-refractivity contribution >= 4 is 17.0 Å². The van der Waals surface area contributed by atoms with Gasteiger partial charge in [-0.3, -0.25) is 4.79 Å². The summed E-state index contributed by atoms with van der Waals surface area (Å²) in [7, 11) is 0. The van der Waals surface area contributed by atoms with Gasteiger partial charge >= 0.3 is 5.97 Å². The highest BCUT2D eigenvalue weighted by Crippen LogP contribution is 2.28. The Morgan fingerprint density at radius 2 is 2.04 bits per heavy atom. The van der Waals surface area contributed by atoms with E-state index in [-0.39, 0.29) is 12.4 Å². The van der Waals surface area contributed by atoms with E-state index in [9.17, 15) is 10.1 Å². The number of fused-ring (bicyclic) bond motifs is 1. The van der Waals surface area contributed by atoms with Crippen molar-refractivity contribution in [2.75, 3.05) is 0 Å². The van der Waals surface area contributed by atoms with Crippen LogP contribution in [0.4, 0.5) is 0 Å². The van der Waals surface area contributed by atoms with Gasteiger partial charge in [0.25, 0.3) is 0 Å². The van der Waals surface area contributed by atoms with E-state index in [0.29, 0.717) is 11.3 Å². The summed E-state index contributed by atoms with van der Waals surface area (Å²) in [5.41, 5.74) is 4.26. The quantitative estimate of drug-likeness (QED) is 0.803. The molecule has 1 N–H and O–H groups in total. The highest BCUT2D eigenvalue weighted by atomic mass is 16.4. The van der Waals surface area contributed by atoms with Crippen molar-refractivity contribution in [3.8, 4) is 17.3 Å². The maximum Gasteiger partial charge on any atom is 0.323 e. The molecule has 0 bridgehead atoms. The van der Waals surface area contributed by atoms with Crippen molar-refractivity contribution in [2.45, 2.75) is 20.4 Å². The van der Waals surface area contributed by atoms with Gasteiger partial charge in [0.05, 0.1) is 5.69 Å². The van der Waals surface area contributed by atoms with Crippen LogP contribution in [0.25, 0.3) is 22.3 Å². The van der Waals surface area contributed by atoms with Crippen molar-refractivity contribution in [1.29, 1.82) is 5.26 Å². The molecule has 0 aliphatic carbocycles. The molecule has 0 unspecified atom stereocenters. The molecule has 0 aliphatic heterocycles. The molecular formula is C17H14N4O2. The fourth-order valence-corrected chi connectivity index (χ4v) is 2.50. The Morgan fingerprint density at radius 3 is 2.70 bits per heavy atom. The number of nitrogens with zero attached hydrogens (tertiary/aromatic N) is 4. The van der Waals surface area contributed by atoms with Crippen molar-refractivity contribution in [3.05, 3.63) is 47.4 Å². The van der Waals surface area contributed by atoms with E-state index in [1.165, 1.54) is 10.1 Å². The number of carbonyl (C=O) groups is 1. The minimum absolute atomic E-state index is 0.0241. The third-order valence-corrected chi connectivity index (χ3v) is 3.80. The third kappa shape index (κ3) is 2.64. The lowest BCUT2D eigenvalue weighted by Gasteiger charge is -2.07. The van der Waals surface area contributed by atoms with Crippen LogP contribution in [0.2, 0.25) is 0 Å². The summed E-state index contributed by atoms with van der Waals surface area (Å²) in [6, 6.07) is 9.67. The summed E-state index contributed by atoms with van der Waals surface area (Å²) in [6.45, 7) is 3.83. The predicted molar refractivity (Wildman–Crippen MR) is 84.8 cm³/mol. The minimum Gasteiger partial charge on any atom is -0.480 e. The second kappa shape index (κ2) is 5.54. The zero-order valence-corrected chi connectivity index (χ0v) is 12.7. The third-order valence-electron chi connectivity index (χ3n) is 3.80. The number of hydrogen-bond acceptors (Lipinski definition) is 4. The molecule has 0 aliphatic rings. The van der Waals surface area contributed by atoms with Crippen LogP contribution in [-0.4, -0.2) is 25.6 Å². The molecule has 23 heavy (non-hydrogen) atoms. The van der Waals surface area contributed by atoms with Gasteiger partial charge in [-0.25, -0.2) is 9.97 Å². The Morgan fingerprint density at radius 1 is 1.26 bits per heavy atom. The number of carboxylic acids is 1. The first-order valence-corrected chi connectivity index (χ1v) is 7.06. The van der Waals surface area contributed by atoms with Gasteiger partial charge in [-0.1, -0.05) is 12.1 Å². The second-order valence-electron chi connectivity index (χ2n) is 5.38. The van der Waals surface area contributed by atoms with Crippen LogP contribution in [-0.2, 0) is 11.3 Å². The largest absolute Gasteiger partial charge is 0.480 e. The molecule has 114 valence electrons. The monoisotopic (exact) mass is 306 g/mol. The van der Waals surface area contributed by atoms with Crippen molar-refractivity contribution < 1.29 is 9.90 Å². The maximum absolute atomic E-state index is 11.0. The van der Waals surface area contributed by atoms with Gasteiger partial charge in [0.15, 0.2) is 0 Å². The molecule has 0 atom stereocenters. The topological polar surface area (TPSA) is 91.8 Å². The fourth-order valence-electron chi connectivity index (χ4n) is 2.50. The second-order valence-corrected chi connectivity index (χ2v) is 5.38. The molecule has 2 heterocycles. The van der Waals surface area contributed by atoms with Gasteiger partial charge in [0.2, 0.25) is 5.82 Å².